The first-order chi connectivity index (χ1) is 15.6. The molecule has 0 fully saturated rings. The Labute approximate surface area is 187 Å². The first-order valence-corrected chi connectivity index (χ1v) is 11.3. The Morgan fingerprint density at radius 2 is 2.03 bits per heavy atom. The van der Waals surface area contributed by atoms with Crippen molar-refractivity contribution in [1.82, 2.24) is 14.9 Å². The molecule has 0 bridgehead atoms. The lowest BCUT2D eigenvalue weighted by Gasteiger charge is -2.33. The number of nitrogens with zero attached hydrogens (tertiary/aromatic N) is 2. The minimum Gasteiger partial charge on any atom is -0.486 e. The third-order valence-corrected chi connectivity index (χ3v) is 6.57. The minimum atomic E-state index is 0.0140. The zero-order valence-electron chi connectivity index (χ0n) is 18.5. The number of aryl methyl sites for hydroxylation is 2. The molecule has 0 amide bonds. The maximum atomic E-state index is 6.43. The molecule has 5 heteroatoms. The summed E-state index contributed by atoms with van der Waals surface area (Å²) < 4.78 is 12.5. The summed E-state index contributed by atoms with van der Waals surface area (Å²) in [7, 11) is 0. The zero-order chi connectivity index (χ0) is 21.7. The van der Waals surface area contributed by atoms with Gasteiger partial charge in [-0.15, -0.1) is 0 Å². The summed E-state index contributed by atoms with van der Waals surface area (Å²) in [6.45, 7) is 7.54. The highest BCUT2D eigenvalue weighted by Gasteiger charge is 2.26. The van der Waals surface area contributed by atoms with Crippen LogP contribution in [0, 0.1) is 13.8 Å². The van der Waals surface area contributed by atoms with Gasteiger partial charge in [0.2, 0.25) is 0 Å². The molecule has 0 saturated heterocycles. The van der Waals surface area contributed by atoms with Crippen LogP contribution in [0.2, 0.25) is 0 Å². The molecular formula is C27H27N3O2. The molecule has 2 aromatic heterocycles. The Kier molecular flexibility index (Phi) is 4.65. The van der Waals surface area contributed by atoms with Gasteiger partial charge in [0.1, 0.15) is 12.7 Å². The lowest BCUT2D eigenvalue weighted by atomic mass is 9.98. The Morgan fingerprint density at radius 3 is 2.91 bits per heavy atom. The average molecular weight is 426 g/mol. The van der Waals surface area contributed by atoms with Gasteiger partial charge in [0.05, 0.1) is 5.52 Å². The van der Waals surface area contributed by atoms with E-state index in [0.717, 1.165) is 54.2 Å². The van der Waals surface area contributed by atoms with Crippen LogP contribution in [0.15, 0.2) is 54.7 Å². The van der Waals surface area contributed by atoms with Crippen molar-refractivity contribution in [1.29, 1.82) is 0 Å². The van der Waals surface area contributed by atoms with Gasteiger partial charge in [-0.1, -0.05) is 17.7 Å². The van der Waals surface area contributed by atoms with E-state index in [0.29, 0.717) is 6.61 Å². The monoisotopic (exact) mass is 425 g/mol. The predicted octanol–water partition coefficient (Wildman–Crippen LogP) is 5.26. The SMILES string of the molecule is Cc1ccc2[nH]cc(C3=CCN(CC4COc5ccc6nc(C)ccc6c5O4)CC3)c2c1. The van der Waals surface area contributed by atoms with Crippen molar-refractivity contribution < 1.29 is 9.47 Å². The molecule has 1 unspecified atom stereocenters. The van der Waals surface area contributed by atoms with Gasteiger partial charge in [-0.25, -0.2) is 0 Å². The molecule has 0 radical (unpaired) electrons. The van der Waals surface area contributed by atoms with Crippen LogP contribution in [0.3, 0.4) is 0 Å². The van der Waals surface area contributed by atoms with E-state index >= 15 is 0 Å². The van der Waals surface area contributed by atoms with E-state index in [1.54, 1.807) is 0 Å². The van der Waals surface area contributed by atoms with E-state index in [4.69, 9.17) is 9.47 Å². The van der Waals surface area contributed by atoms with Crippen molar-refractivity contribution in [2.45, 2.75) is 26.4 Å². The summed E-state index contributed by atoms with van der Waals surface area (Å²) in [6.07, 6.45) is 5.58. The third kappa shape index (κ3) is 3.43. The van der Waals surface area contributed by atoms with E-state index in [2.05, 4.69) is 58.3 Å². The number of nitrogens with one attached hydrogen (secondary N) is 1. The van der Waals surface area contributed by atoms with Gasteiger partial charge in [0.15, 0.2) is 11.5 Å². The van der Waals surface area contributed by atoms with Crippen LogP contribution in [-0.2, 0) is 0 Å². The van der Waals surface area contributed by atoms with Gasteiger partial charge in [-0.2, -0.15) is 0 Å². The number of benzene rings is 2. The number of H-pyrrole nitrogens is 1. The van der Waals surface area contributed by atoms with Crippen LogP contribution in [0.25, 0.3) is 27.4 Å². The predicted molar refractivity (Wildman–Crippen MR) is 128 cm³/mol. The van der Waals surface area contributed by atoms with E-state index in [1.165, 1.54) is 27.6 Å². The second kappa shape index (κ2) is 7.68. The fraction of sp³-hybridized carbons (Fsp3) is 0.296. The van der Waals surface area contributed by atoms with Gasteiger partial charge in [-0.3, -0.25) is 9.88 Å². The number of ether oxygens (including phenoxy) is 2. The van der Waals surface area contributed by atoms with Gasteiger partial charge >= 0.3 is 0 Å². The molecule has 32 heavy (non-hydrogen) atoms. The molecule has 0 aliphatic carbocycles. The first-order valence-electron chi connectivity index (χ1n) is 11.3. The van der Waals surface area contributed by atoms with Crippen LogP contribution in [0.5, 0.6) is 11.5 Å². The molecule has 2 aliphatic rings. The molecular weight excluding hydrogens is 398 g/mol. The number of rotatable bonds is 3. The number of fused-ring (bicyclic) bond motifs is 4. The summed E-state index contributed by atoms with van der Waals surface area (Å²) in [6, 6.07) is 14.7. The minimum absolute atomic E-state index is 0.0140. The number of hydrogen-bond donors (Lipinski definition) is 1. The number of hydrogen-bond acceptors (Lipinski definition) is 4. The number of pyridine rings is 1. The summed E-state index contributed by atoms with van der Waals surface area (Å²) in [5.41, 5.74) is 7.22. The van der Waals surface area contributed by atoms with Crippen LogP contribution in [0.1, 0.15) is 23.2 Å². The lowest BCUT2D eigenvalue weighted by Crippen LogP contribution is -2.42. The highest BCUT2D eigenvalue weighted by Crippen LogP contribution is 2.38. The van der Waals surface area contributed by atoms with E-state index in [9.17, 15) is 0 Å². The maximum absolute atomic E-state index is 6.43. The molecule has 0 spiro atoms. The summed E-state index contributed by atoms with van der Waals surface area (Å²) in [4.78, 5) is 10.5. The Morgan fingerprint density at radius 1 is 1.09 bits per heavy atom. The second-order valence-corrected chi connectivity index (χ2v) is 8.95. The topological polar surface area (TPSA) is 50.4 Å². The maximum Gasteiger partial charge on any atom is 0.171 e. The van der Waals surface area contributed by atoms with Crippen LogP contribution >= 0.6 is 0 Å². The number of aromatic nitrogens is 2. The van der Waals surface area contributed by atoms with Crippen molar-refractivity contribution in [2.24, 2.45) is 0 Å². The van der Waals surface area contributed by atoms with E-state index in [1.807, 2.05) is 25.1 Å². The normalized spacial score (nSPS) is 18.8. The van der Waals surface area contributed by atoms with Gasteiger partial charge in [0, 0.05) is 53.4 Å². The highest BCUT2D eigenvalue weighted by molar-refractivity contribution is 5.93. The second-order valence-electron chi connectivity index (χ2n) is 8.95. The molecule has 5 nitrogen and oxygen atoms in total. The Bertz CT molecular complexity index is 1350. The van der Waals surface area contributed by atoms with Gasteiger partial charge in [-0.05, 0) is 62.2 Å². The molecule has 6 rings (SSSR count). The molecule has 162 valence electrons. The highest BCUT2D eigenvalue weighted by atomic mass is 16.6. The third-order valence-electron chi connectivity index (χ3n) is 6.57. The van der Waals surface area contributed by atoms with E-state index < -0.39 is 0 Å². The molecule has 1 N–H and O–H groups in total. The molecule has 1 atom stereocenters. The van der Waals surface area contributed by atoms with Crippen molar-refractivity contribution in [3.63, 3.8) is 0 Å². The lowest BCUT2D eigenvalue weighted by molar-refractivity contribution is 0.0632. The van der Waals surface area contributed by atoms with Crippen LogP contribution in [-0.4, -0.2) is 47.2 Å². The fourth-order valence-corrected chi connectivity index (χ4v) is 4.88. The Hall–Kier alpha value is -3.31. The van der Waals surface area contributed by atoms with Crippen molar-refractivity contribution in [3.8, 4) is 11.5 Å². The van der Waals surface area contributed by atoms with E-state index in [-0.39, 0.29) is 6.10 Å². The van der Waals surface area contributed by atoms with Crippen molar-refractivity contribution in [3.05, 3.63) is 71.6 Å². The largest absolute Gasteiger partial charge is 0.486 e. The van der Waals surface area contributed by atoms with Crippen molar-refractivity contribution >= 4 is 27.4 Å². The van der Waals surface area contributed by atoms with Gasteiger partial charge in [0.25, 0.3) is 0 Å². The molecule has 4 aromatic rings. The molecule has 0 saturated carbocycles. The molecule has 4 heterocycles. The molecule has 2 aromatic carbocycles. The van der Waals surface area contributed by atoms with Crippen molar-refractivity contribution in [2.75, 3.05) is 26.2 Å². The average Bonchev–Trinajstić information content (AvgIpc) is 3.22. The Balaban J connectivity index is 1.17. The smallest absolute Gasteiger partial charge is 0.171 e. The zero-order valence-corrected chi connectivity index (χ0v) is 18.5. The fourth-order valence-electron chi connectivity index (χ4n) is 4.88. The first kappa shape index (κ1) is 19.4. The summed E-state index contributed by atoms with van der Waals surface area (Å²) in [5.74, 6) is 1.64. The quantitative estimate of drug-likeness (QED) is 0.486. The summed E-state index contributed by atoms with van der Waals surface area (Å²) in [5, 5.41) is 2.34. The number of aromatic amines is 1. The van der Waals surface area contributed by atoms with Crippen LogP contribution in [0.4, 0.5) is 0 Å². The molecule has 2 aliphatic heterocycles. The standard InChI is InChI=1S/C27H27N3O2/c1-17-3-6-24-22(13-17)23(14-28-24)19-9-11-30(12-10-19)15-20-16-31-26-8-7-25-21(27(26)32-20)5-4-18(2)29-25/h3-9,13-14,20,28H,10-12,15-16H2,1-2H3. The van der Waals surface area contributed by atoms with Crippen LogP contribution < -0.4 is 9.47 Å². The summed E-state index contributed by atoms with van der Waals surface area (Å²) >= 11 is 0. The van der Waals surface area contributed by atoms with Gasteiger partial charge < -0.3 is 14.5 Å².